The van der Waals surface area contributed by atoms with Crippen LogP contribution in [0.2, 0.25) is 0 Å². The molecule has 0 N–H and O–H groups in total. The third kappa shape index (κ3) is 5.62. The molecule has 4 heterocycles. The van der Waals surface area contributed by atoms with Gasteiger partial charge in [0.05, 0.1) is 11.0 Å². The number of nitrogens with zero attached hydrogens (tertiary/aromatic N) is 4. The van der Waals surface area contributed by atoms with Gasteiger partial charge in [0.15, 0.2) is 17.5 Å². The van der Waals surface area contributed by atoms with Gasteiger partial charge in [-0.1, -0.05) is 140 Å². The highest BCUT2D eigenvalue weighted by Gasteiger charge is 2.22. The van der Waals surface area contributed by atoms with Crippen molar-refractivity contribution in [2.75, 3.05) is 0 Å². The molecular weight excluding hydrogens is 773 g/mol. The third-order valence-electron chi connectivity index (χ3n) is 12.3. The molecule has 9 aromatic carbocycles. The Hall–Kier alpha value is -8.61. The van der Waals surface area contributed by atoms with Gasteiger partial charge in [0, 0.05) is 60.3 Å². The van der Waals surface area contributed by atoms with Crippen molar-refractivity contribution in [2.45, 2.75) is 0 Å². The van der Waals surface area contributed by atoms with Gasteiger partial charge in [0.2, 0.25) is 0 Å². The maximum atomic E-state index is 6.64. The quantitative estimate of drug-likeness (QED) is 0.167. The number of furan rings is 2. The normalized spacial score (nSPS) is 11.8. The molecule has 13 aromatic rings. The molecule has 0 aliphatic carbocycles. The van der Waals surface area contributed by atoms with Gasteiger partial charge in [-0.3, -0.25) is 0 Å². The fraction of sp³-hybridized carbons (Fsp3) is 0. The SMILES string of the molecule is c1ccc(-c2nc(-c3ccc4c(c3)c3ccccc3n4-c3ccccc3)nc(-c3cccc4oc5ccc(-c6ccc(-c7ccccc7)c7oc8ccccc8c67)cc5c34)n2)cc1. The molecule has 294 valence electrons. The Labute approximate surface area is 361 Å². The van der Waals surface area contributed by atoms with Crippen molar-refractivity contribution in [1.29, 1.82) is 0 Å². The van der Waals surface area contributed by atoms with E-state index >= 15 is 0 Å². The van der Waals surface area contributed by atoms with E-state index in [4.69, 9.17) is 23.8 Å². The van der Waals surface area contributed by atoms with E-state index in [0.29, 0.717) is 17.5 Å². The second kappa shape index (κ2) is 14.0. The summed E-state index contributed by atoms with van der Waals surface area (Å²) in [5.74, 6) is 1.76. The Morgan fingerprint density at radius 1 is 0.317 bits per heavy atom. The fourth-order valence-corrected chi connectivity index (χ4v) is 9.40. The summed E-state index contributed by atoms with van der Waals surface area (Å²) in [4.78, 5) is 15.6. The van der Waals surface area contributed by atoms with Crippen molar-refractivity contribution >= 4 is 65.7 Å². The van der Waals surface area contributed by atoms with Gasteiger partial charge in [0.25, 0.3) is 0 Å². The molecule has 0 saturated heterocycles. The van der Waals surface area contributed by atoms with Gasteiger partial charge >= 0.3 is 0 Å². The molecule has 0 unspecified atom stereocenters. The van der Waals surface area contributed by atoms with Crippen molar-refractivity contribution in [3.05, 3.63) is 206 Å². The predicted octanol–water partition coefficient (Wildman–Crippen LogP) is 15.1. The first-order valence-electron chi connectivity index (χ1n) is 21.1. The molecular formula is C57H34N4O2. The summed E-state index contributed by atoms with van der Waals surface area (Å²) in [5.41, 5.74) is 13.6. The Morgan fingerprint density at radius 3 is 1.75 bits per heavy atom. The van der Waals surface area contributed by atoms with Crippen molar-refractivity contribution in [2.24, 2.45) is 0 Å². The van der Waals surface area contributed by atoms with Gasteiger partial charge < -0.3 is 13.4 Å². The lowest BCUT2D eigenvalue weighted by Crippen LogP contribution is -2.00. The lowest BCUT2D eigenvalue weighted by molar-refractivity contribution is 0.669. The fourth-order valence-electron chi connectivity index (χ4n) is 9.40. The molecule has 0 bridgehead atoms. The first-order chi connectivity index (χ1) is 31.2. The van der Waals surface area contributed by atoms with Gasteiger partial charge in [-0.05, 0) is 83.4 Å². The first kappa shape index (κ1) is 35.2. The molecule has 0 fully saturated rings. The number of fused-ring (bicyclic) bond motifs is 9. The van der Waals surface area contributed by atoms with E-state index in [1.165, 1.54) is 0 Å². The minimum Gasteiger partial charge on any atom is -0.456 e. The minimum atomic E-state index is 0.569. The third-order valence-corrected chi connectivity index (χ3v) is 12.3. The molecule has 0 aliphatic heterocycles. The average molecular weight is 807 g/mol. The van der Waals surface area contributed by atoms with E-state index < -0.39 is 0 Å². The minimum absolute atomic E-state index is 0.569. The maximum Gasteiger partial charge on any atom is 0.164 e. The highest BCUT2D eigenvalue weighted by molar-refractivity contribution is 6.18. The second-order valence-corrected chi connectivity index (χ2v) is 15.9. The molecule has 0 radical (unpaired) electrons. The molecule has 0 amide bonds. The molecule has 13 rings (SSSR count). The number of benzene rings is 9. The Bertz CT molecular complexity index is 3900. The number of para-hydroxylation sites is 3. The van der Waals surface area contributed by atoms with Crippen LogP contribution in [0.4, 0.5) is 0 Å². The van der Waals surface area contributed by atoms with Crippen LogP contribution in [-0.4, -0.2) is 19.5 Å². The molecule has 63 heavy (non-hydrogen) atoms. The van der Waals surface area contributed by atoms with E-state index in [1.807, 2.05) is 60.7 Å². The summed E-state index contributed by atoms with van der Waals surface area (Å²) in [6.07, 6.45) is 0. The van der Waals surface area contributed by atoms with Gasteiger partial charge in [-0.25, -0.2) is 15.0 Å². The molecule has 0 saturated carbocycles. The van der Waals surface area contributed by atoms with E-state index in [-0.39, 0.29) is 0 Å². The van der Waals surface area contributed by atoms with Crippen molar-refractivity contribution in [1.82, 2.24) is 19.5 Å². The number of rotatable bonds is 6. The van der Waals surface area contributed by atoms with E-state index in [1.54, 1.807) is 0 Å². The van der Waals surface area contributed by atoms with E-state index in [0.717, 1.165) is 110 Å². The topological polar surface area (TPSA) is 69.9 Å². The predicted molar refractivity (Wildman–Crippen MR) is 256 cm³/mol. The average Bonchev–Trinajstić information content (AvgIpc) is 4.04. The van der Waals surface area contributed by atoms with Crippen LogP contribution in [0, 0.1) is 0 Å². The number of hydrogen-bond acceptors (Lipinski definition) is 5. The van der Waals surface area contributed by atoms with Crippen LogP contribution >= 0.6 is 0 Å². The summed E-state index contributed by atoms with van der Waals surface area (Å²) < 4.78 is 15.5. The number of hydrogen-bond donors (Lipinski definition) is 0. The summed E-state index contributed by atoms with van der Waals surface area (Å²) >= 11 is 0. The smallest absolute Gasteiger partial charge is 0.164 e. The monoisotopic (exact) mass is 806 g/mol. The zero-order valence-electron chi connectivity index (χ0n) is 33.7. The summed E-state index contributed by atoms with van der Waals surface area (Å²) in [5, 5.41) is 6.37. The zero-order valence-corrected chi connectivity index (χ0v) is 33.7. The first-order valence-corrected chi connectivity index (χ1v) is 21.1. The van der Waals surface area contributed by atoms with Gasteiger partial charge in [-0.2, -0.15) is 0 Å². The second-order valence-electron chi connectivity index (χ2n) is 15.9. The largest absolute Gasteiger partial charge is 0.456 e. The molecule has 0 atom stereocenters. The zero-order chi connectivity index (χ0) is 41.4. The molecule has 4 aromatic heterocycles. The molecule has 0 spiro atoms. The van der Waals surface area contributed by atoms with Gasteiger partial charge in [0.1, 0.15) is 22.3 Å². The lowest BCUT2D eigenvalue weighted by atomic mass is 9.93. The standard InChI is InChI=1S/C57H34N4O2/c1-4-15-35(16-5-1)41-30-29-40(53-43-22-11-13-25-49(43)63-54(41)53)37-28-32-50-46(33-37)52-44(23-14-26-51(52)62-50)57-59-55(36-17-6-2-7-18-36)58-56(60-57)38-27-31-48-45(34-38)42-21-10-12-24-47(42)61(48)39-19-8-3-9-20-39/h1-34H. The maximum absolute atomic E-state index is 6.64. The van der Waals surface area contributed by atoms with Crippen LogP contribution in [0.15, 0.2) is 215 Å². The molecule has 6 nitrogen and oxygen atoms in total. The van der Waals surface area contributed by atoms with Crippen molar-refractivity contribution < 1.29 is 8.83 Å². The summed E-state index contributed by atoms with van der Waals surface area (Å²) in [7, 11) is 0. The van der Waals surface area contributed by atoms with E-state index in [2.05, 4.69) is 150 Å². The van der Waals surface area contributed by atoms with Gasteiger partial charge in [-0.15, -0.1) is 0 Å². The Balaban J connectivity index is 1.01. The van der Waals surface area contributed by atoms with Crippen LogP contribution in [0.3, 0.4) is 0 Å². The van der Waals surface area contributed by atoms with Crippen LogP contribution < -0.4 is 0 Å². The van der Waals surface area contributed by atoms with Crippen LogP contribution in [-0.2, 0) is 0 Å². The molecule has 0 aliphatic rings. The van der Waals surface area contributed by atoms with Crippen LogP contribution in [0.1, 0.15) is 0 Å². The number of aromatic nitrogens is 4. The Morgan fingerprint density at radius 2 is 0.921 bits per heavy atom. The van der Waals surface area contributed by atoms with Crippen molar-refractivity contribution in [3.63, 3.8) is 0 Å². The molecule has 6 heteroatoms. The highest BCUT2D eigenvalue weighted by atomic mass is 16.3. The Kier molecular flexibility index (Phi) is 7.80. The highest BCUT2D eigenvalue weighted by Crippen LogP contribution is 2.44. The van der Waals surface area contributed by atoms with Crippen molar-refractivity contribution in [3.8, 4) is 62.1 Å². The lowest BCUT2D eigenvalue weighted by Gasteiger charge is -2.10. The van der Waals surface area contributed by atoms with E-state index in [9.17, 15) is 0 Å². The summed E-state index contributed by atoms with van der Waals surface area (Å²) in [6.45, 7) is 0. The summed E-state index contributed by atoms with van der Waals surface area (Å²) in [6, 6.07) is 71.4. The van der Waals surface area contributed by atoms with Crippen LogP contribution in [0.5, 0.6) is 0 Å². The van der Waals surface area contributed by atoms with Crippen LogP contribution in [0.25, 0.3) is 128 Å².